The molecule has 7 nitrogen and oxygen atoms in total. The molecule has 0 aliphatic carbocycles. The van der Waals surface area contributed by atoms with Crippen molar-refractivity contribution in [3.05, 3.63) is 70.7 Å². The van der Waals surface area contributed by atoms with Crippen molar-refractivity contribution in [3.8, 4) is 0 Å². The van der Waals surface area contributed by atoms with Crippen molar-refractivity contribution in [1.29, 1.82) is 0 Å². The highest BCUT2D eigenvalue weighted by molar-refractivity contribution is 6.30. The number of rotatable bonds is 6. The predicted molar refractivity (Wildman–Crippen MR) is 105 cm³/mol. The summed E-state index contributed by atoms with van der Waals surface area (Å²) in [5.74, 6) is -1.04. The molecule has 1 aliphatic rings. The Morgan fingerprint density at radius 3 is 2.43 bits per heavy atom. The van der Waals surface area contributed by atoms with Crippen molar-refractivity contribution in [1.82, 2.24) is 21.1 Å². The molecule has 8 heteroatoms. The van der Waals surface area contributed by atoms with Gasteiger partial charge in [-0.3, -0.25) is 15.0 Å². The van der Waals surface area contributed by atoms with Gasteiger partial charge >= 0.3 is 6.03 Å². The molecule has 0 radical (unpaired) electrons. The first-order valence-corrected chi connectivity index (χ1v) is 9.19. The molecule has 2 aromatic carbocycles. The highest BCUT2D eigenvalue weighted by Crippen LogP contribution is 2.27. The van der Waals surface area contributed by atoms with Crippen LogP contribution in [0.1, 0.15) is 31.0 Å². The number of carbonyl (C=O) groups is 3. The molecule has 146 valence electrons. The van der Waals surface area contributed by atoms with Crippen LogP contribution in [0.4, 0.5) is 4.79 Å². The predicted octanol–water partition coefficient (Wildman–Crippen LogP) is 2.49. The number of benzene rings is 2. The quantitative estimate of drug-likeness (QED) is 0.650. The minimum Gasteiger partial charge on any atom is -0.318 e. The summed E-state index contributed by atoms with van der Waals surface area (Å²) in [6.07, 6.45) is 0. The highest BCUT2D eigenvalue weighted by Gasteiger charge is 2.49. The van der Waals surface area contributed by atoms with E-state index in [2.05, 4.69) is 16.1 Å². The maximum atomic E-state index is 12.8. The Balaban J connectivity index is 1.60. The molecule has 28 heavy (non-hydrogen) atoms. The lowest BCUT2D eigenvalue weighted by atomic mass is 9.92. The third-order valence-corrected chi connectivity index (χ3v) is 4.97. The van der Waals surface area contributed by atoms with Crippen LogP contribution in [-0.4, -0.2) is 29.4 Å². The number of nitrogens with zero attached hydrogens (tertiary/aromatic N) is 1. The topological polar surface area (TPSA) is 90.5 Å². The number of hydrazine groups is 1. The molecule has 1 saturated heterocycles. The standard InChI is InChI=1S/C20H21ClN4O3/c1-13(14-8-10-16(21)11-9-14)22-12-17(26)24-25-18(27)20(2,23-19(25)28)15-6-4-3-5-7-15/h3-11,13,22H,12H2,1-2H3,(H,23,28)(H,24,26)/t13-,20+/m0/s1. The van der Waals surface area contributed by atoms with Crippen LogP contribution >= 0.6 is 11.6 Å². The van der Waals surface area contributed by atoms with Gasteiger partial charge in [0.15, 0.2) is 0 Å². The second-order valence-corrected chi connectivity index (χ2v) is 7.19. The van der Waals surface area contributed by atoms with Crippen molar-refractivity contribution >= 4 is 29.4 Å². The SMILES string of the molecule is C[C@H](NCC(=O)NN1C(=O)N[C@](C)(c2ccccc2)C1=O)c1ccc(Cl)cc1. The first-order valence-electron chi connectivity index (χ1n) is 8.82. The van der Waals surface area contributed by atoms with Gasteiger partial charge in [-0.1, -0.05) is 54.1 Å². The average Bonchev–Trinajstić information content (AvgIpc) is 2.91. The van der Waals surface area contributed by atoms with E-state index in [1.54, 1.807) is 43.3 Å². The molecule has 4 amide bonds. The third kappa shape index (κ3) is 4.00. The summed E-state index contributed by atoms with van der Waals surface area (Å²) < 4.78 is 0. The van der Waals surface area contributed by atoms with Crippen LogP contribution in [0.3, 0.4) is 0 Å². The molecule has 1 aliphatic heterocycles. The van der Waals surface area contributed by atoms with Crippen LogP contribution in [0.5, 0.6) is 0 Å². The summed E-state index contributed by atoms with van der Waals surface area (Å²) in [5, 5.41) is 7.05. The van der Waals surface area contributed by atoms with E-state index >= 15 is 0 Å². The fourth-order valence-corrected chi connectivity index (χ4v) is 3.11. The Morgan fingerprint density at radius 1 is 1.14 bits per heavy atom. The Hall–Kier alpha value is -2.90. The second-order valence-electron chi connectivity index (χ2n) is 6.75. The lowest BCUT2D eigenvalue weighted by molar-refractivity contribution is -0.138. The van der Waals surface area contributed by atoms with Crippen LogP contribution < -0.4 is 16.1 Å². The molecule has 2 aromatic rings. The summed E-state index contributed by atoms with van der Waals surface area (Å²) >= 11 is 5.87. The number of amides is 4. The van der Waals surface area contributed by atoms with E-state index in [-0.39, 0.29) is 12.6 Å². The molecular formula is C20H21ClN4O3. The lowest BCUT2D eigenvalue weighted by Crippen LogP contribution is -2.50. The lowest BCUT2D eigenvalue weighted by Gasteiger charge is -2.22. The fourth-order valence-electron chi connectivity index (χ4n) is 2.99. The smallest absolute Gasteiger partial charge is 0.318 e. The number of nitrogens with one attached hydrogen (secondary N) is 3. The third-order valence-electron chi connectivity index (χ3n) is 4.72. The van der Waals surface area contributed by atoms with Gasteiger partial charge in [-0.25, -0.2) is 4.79 Å². The van der Waals surface area contributed by atoms with Gasteiger partial charge in [0.25, 0.3) is 11.8 Å². The van der Waals surface area contributed by atoms with Crippen molar-refractivity contribution in [2.45, 2.75) is 25.4 Å². The number of halogens is 1. The molecular weight excluding hydrogens is 380 g/mol. The van der Waals surface area contributed by atoms with Crippen LogP contribution in [0.2, 0.25) is 5.02 Å². The van der Waals surface area contributed by atoms with Gasteiger partial charge in [-0.15, -0.1) is 0 Å². The van der Waals surface area contributed by atoms with E-state index in [1.807, 2.05) is 25.1 Å². The van der Waals surface area contributed by atoms with Crippen LogP contribution in [0.15, 0.2) is 54.6 Å². The van der Waals surface area contributed by atoms with E-state index in [4.69, 9.17) is 11.6 Å². The Kier molecular flexibility index (Phi) is 5.67. The summed E-state index contributed by atoms with van der Waals surface area (Å²) in [7, 11) is 0. The molecule has 2 atom stereocenters. The van der Waals surface area contributed by atoms with Gasteiger partial charge in [-0.2, -0.15) is 5.01 Å². The molecule has 1 heterocycles. The normalized spacial score (nSPS) is 20.0. The monoisotopic (exact) mass is 400 g/mol. The minimum absolute atomic E-state index is 0.0666. The van der Waals surface area contributed by atoms with Crippen molar-refractivity contribution in [2.75, 3.05) is 6.54 Å². The fraction of sp³-hybridized carbons (Fsp3) is 0.250. The molecule has 0 saturated carbocycles. The van der Waals surface area contributed by atoms with Crippen LogP contribution in [0, 0.1) is 0 Å². The van der Waals surface area contributed by atoms with E-state index in [0.29, 0.717) is 10.6 Å². The highest BCUT2D eigenvalue weighted by atomic mass is 35.5. The van der Waals surface area contributed by atoms with Crippen molar-refractivity contribution in [3.63, 3.8) is 0 Å². The van der Waals surface area contributed by atoms with E-state index < -0.39 is 23.4 Å². The Bertz CT molecular complexity index is 888. The average molecular weight is 401 g/mol. The van der Waals surface area contributed by atoms with Gasteiger partial charge in [-0.05, 0) is 37.1 Å². The van der Waals surface area contributed by atoms with Crippen molar-refractivity contribution in [2.24, 2.45) is 0 Å². The molecule has 3 N–H and O–H groups in total. The second kappa shape index (κ2) is 8.00. The van der Waals surface area contributed by atoms with Crippen LogP contribution in [-0.2, 0) is 15.1 Å². The zero-order valence-corrected chi connectivity index (χ0v) is 16.3. The summed E-state index contributed by atoms with van der Waals surface area (Å²) in [4.78, 5) is 37.3. The van der Waals surface area contributed by atoms with E-state index in [9.17, 15) is 14.4 Å². The van der Waals surface area contributed by atoms with Gasteiger partial charge < -0.3 is 10.6 Å². The summed E-state index contributed by atoms with van der Waals surface area (Å²) in [6.45, 7) is 3.44. The van der Waals surface area contributed by atoms with Gasteiger partial charge in [0.2, 0.25) is 0 Å². The van der Waals surface area contributed by atoms with E-state index in [0.717, 1.165) is 10.6 Å². The number of hydrogen-bond donors (Lipinski definition) is 3. The van der Waals surface area contributed by atoms with Crippen LogP contribution in [0.25, 0.3) is 0 Å². The van der Waals surface area contributed by atoms with Gasteiger partial charge in [0.1, 0.15) is 5.54 Å². The van der Waals surface area contributed by atoms with Crippen molar-refractivity contribution < 1.29 is 14.4 Å². The first-order chi connectivity index (χ1) is 13.3. The largest absolute Gasteiger partial charge is 0.344 e. The Morgan fingerprint density at radius 2 is 1.79 bits per heavy atom. The maximum absolute atomic E-state index is 12.8. The molecule has 1 fully saturated rings. The Labute approximate surface area is 168 Å². The number of imide groups is 1. The summed E-state index contributed by atoms with van der Waals surface area (Å²) in [6, 6.07) is 15.4. The minimum atomic E-state index is -1.23. The van der Waals surface area contributed by atoms with Gasteiger partial charge in [0.05, 0.1) is 6.54 Å². The molecule has 0 spiro atoms. The maximum Gasteiger partial charge on any atom is 0.344 e. The zero-order chi connectivity index (χ0) is 20.3. The number of carbonyl (C=O) groups excluding carboxylic acids is 3. The molecule has 3 rings (SSSR count). The summed E-state index contributed by atoms with van der Waals surface area (Å²) in [5.41, 5.74) is 2.74. The zero-order valence-electron chi connectivity index (χ0n) is 15.5. The molecule has 0 aromatic heterocycles. The van der Waals surface area contributed by atoms with Gasteiger partial charge in [0, 0.05) is 11.1 Å². The van der Waals surface area contributed by atoms with E-state index in [1.165, 1.54) is 0 Å². The number of urea groups is 1. The first kappa shape index (κ1) is 19.9. The molecule has 0 unspecified atom stereocenters. The number of hydrogen-bond acceptors (Lipinski definition) is 4. The molecule has 0 bridgehead atoms.